The van der Waals surface area contributed by atoms with Gasteiger partial charge in [-0.15, -0.1) is 0 Å². The number of benzene rings is 2. The number of hydrogen-bond donors (Lipinski definition) is 1. The molecule has 0 saturated carbocycles. The van der Waals surface area contributed by atoms with Gasteiger partial charge in [0.25, 0.3) is 0 Å². The molecule has 0 amide bonds. The number of aliphatic carboxylic acids is 1. The number of ether oxygens (including phenoxy) is 2. The van der Waals surface area contributed by atoms with E-state index in [1.165, 1.54) is 0 Å². The Labute approximate surface area is 170 Å². The number of carbonyl (C=O) groups is 1. The maximum Gasteiger partial charge on any atom is 0.303 e. The zero-order chi connectivity index (χ0) is 20.3. The van der Waals surface area contributed by atoms with E-state index in [4.69, 9.17) is 19.0 Å². The van der Waals surface area contributed by atoms with Crippen molar-refractivity contribution >= 4 is 5.97 Å². The topological polar surface area (TPSA) is 68.9 Å². The lowest BCUT2D eigenvalue weighted by molar-refractivity contribution is -0.137. The normalized spacial score (nSPS) is 10.8. The molecule has 0 aliphatic heterocycles. The number of unbranched alkanes of at least 4 members (excludes halogenated alkanes) is 2. The van der Waals surface area contributed by atoms with Crippen LogP contribution in [-0.2, 0) is 22.7 Å². The summed E-state index contributed by atoms with van der Waals surface area (Å²) in [5.74, 6) is 0.925. The SMILES string of the molecule is O=C(O)CCCCCOc1ccccc1COCc1ccc(-c2ccco2)cc1. The molecule has 2 aromatic carbocycles. The number of para-hydroxylation sites is 1. The molecule has 152 valence electrons. The Morgan fingerprint density at radius 2 is 1.72 bits per heavy atom. The second-order valence-electron chi connectivity index (χ2n) is 6.83. The molecule has 0 radical (unpaired) electrons. The molecule has 0 aliphatic rings. The van der Waals surface area contributed by atoms with Gasteiger partial charge in [0, 0.05) is 17.5 Å². The van der Waals surface area contributed by atoms with Crippen LogP contribution in [0, 0.1) is 0 Å². The molecule has 1 aromatic heterocycles. The predicted octanol–water partition coefficient (Wildman–Crippen LogP) is 5.69. The first-order valence-corrected chi connectivity index (χ1v) is 9.85. The highest BCUT2D eigenvalue weighted by Gasteiger charge is 2.05. The van der Waals surface area contributed by atoms with E-state index in [-0.39, 0.29) is 6.42 Å². The predicted molar refractivity (Wildman–Crippen MR) is 111 cm³/mol. The Morgan fingerprint density at radius 3 is 2.48 bits per heavy atom. The van der Waals surface area contributed by atoms with Crippen LogP contribution in [-0.4, -0.2) is 17.7 Å². The van der Waals surface area contributed by atoms with Gasteiger partial charge in [-0.1, -0.05) is 42.5 Å². The van der Waals surface area contributed by atoms with Gasteiger partial charge in [0.05, 0.1) is 26.1 Å². The van der Waals surface area contributed by atoms with Crippen molar-refractivity contribution in [3.63, 3.8) is 0 Å². The zero-order valence-corrected chi connectivity index (χ0v) is 16.4. The highest BCUT2D eigenvalue weighted by atomic mass is 16.5. The summed E-state index contributed by atoms with van der Waals surface area (Å²) in [6, 6.07) is 19.8. The van der Waals surface area contributed by atoms with E-state index >= 15 is 0 Å². The maximum absolute atomic E-state index is 10.5. The summed E-state index contributed by atoms with van der Waals surface area (Å²) in [4.78, 5) is 10.5. The third kappa shape index (κ3) is 6.80. The summed E-state index contributed by atoms with van der Waals surface area (Å²) < 4.78 is 17.2. The van der Waals surface area contributed by atoms with E-state index in [0.717, 1.165) is 41.0 Å². The van der Waals surface area contributed by atoms with Gasteiger partial charge in [0.2, 0.25) is 0 Å². The van der Waals surface area contributed by atoms with Crippen LogP contribution in [0.15, 0.2) is 71.3 Å². The molecule has 0 unspecified atom stereocenters. The molecule has 5 nitrogen and oxygen atoms in total. The van der Waals surface area contributed by atoms with Gasteiger partial charge >= 0.3 is 5.97 Å². The summed E-state index contributed by atoms with van der Waals surface area (Å²) in [6.07, 6.45) is 4.25. The summed E-state index contributed by atoms with van der Waals surface area (Å²) in [7, 11) is 0. The fourth-order valence-electron chi connectivity index (χ4n) is 2.99. The highest BCUT2D eigenvalue weighted by molar-refractivity contribution is 5.66. The van der Waals surface area contributed by atoms with Crippen molar-refractivity contribution in [2.75, 3.05) is 6.61 Å². The van der Waals surface area contributed by atoms with Crippen LogP contribution in [0.5, 0.6) is 5.75 Å². The minimum absolute atomic E-state index is 0.215. The van der Waals surface area contributed by atoms with E-state index in [9.17, 15) is 4.79 Å². The summed E-state index contributed by atoms with van der Waals surface area (Å²) in [5, 5.41) is 8.66. The molecule has 0 fully saturated rings. The fourth-order valence-corrected chi connectivity index (χ4v) is 2.99. The molecule has 3 aromatic rings. The summed E-state index contributed by atoms with van der Waals surface area (Å²) in [5.41, 5.74) is 3.14. The minimum Gasteiger partial charge on any atom is -0.493 e. The Bertz CT molecular complexity index is 869. The van der Waals surface area contributed by atoms with Gasteiger partial charge in [-0.3, -0.25) is 4.79 Å². The van der Waals surface area contributed by atoms with E-state index < -0.39 is 5.97 Å². The highest BCUT2D eigenvalue weighted by Crippen LogP contribution is 2.22. The van der Waals surface area contributed by atoms with Crippen molar-refractivity contribution in [1.29, 1.82) is 0 Å². The molecule has 1 heterocycles. The Balaban J connectivity index is 1.43. The smallest absolute Gasteiger partial charge is 0.303 e. The average Bonchev–Trinajstić information content (AvgIpc) is 3.27. The first-order chi connectivity index (χ1) is 14.2. The summed E-state index contributed by atoms with van der Waals surface area (Å²) >= 11 is 0. The van der Waals surface area contributed by atoms with E-state index in [1.54, 1.807) is 6.26 Å². The molecule has 0 atom stereocenters. The molecular weight excluding hydrogens is 368 g/mol. The van der Waals surface area contributed by atoms with Crippen molar-refractivity contribution in [2.45, 2.75) is 38.9 Å². The van der Waals surface area contributed by atoms with E-state index in [0.29, 0.717) is 26.2 Å². The number of furan rings is 1. The van der Waals surface area contributed by atoms with Gasteiger partial charge < -0.3 is 19.0 Å². The van der Waals surface area contributed by atoms with E-state index in [2.05, 4.69) is 0 Å². The monoisotopic (exact) mass is 394 g/mol. The van der Waals surface area contributed by atoms with Gasteiger partial charge in [-0.25, -0.2) is 0 Å². The second kappa shape index (κ2) is 11.1. The molecule has 29 heavy (non-hydrogen) atoms. The van der Waals surface area contributed by atoms with Crippen molar-refractivity contribution < 1.29 is 23.8 Å². The number of carboxylic acids is 1. The standard InChI is InChI=1S/C24H26O5/c25-24(26)10-2-1-5-15-28-23-8-4-3-7-21(23)18-27-17-19-11-13-20(14-12-19)22-9-6-16-29-22/h3-4,6-9,11-14,16H,1-2,5,10,15,17-18H2,(H,25,26). The quantitative estimate of drug-likeness (QED) is 0.400. The van der Waals surface area contributed by atoms with Crippen molar-refractivity contribution in [1.82, 2.24) is 0 Å². The van der Waals surface area contributed by atoms with Crippen LogP contribution in [0.25, 0.3) is 11.3 Å². The molecule has 0 bridgehead atoms. The second-order valence-corrected chi connectivity index (χ2v) is 6.83. The summed E-state index contributed by atoms with van der Waals surface area (Å²) in [6.45, 7) is 1.56. The molecule has 5 heteroatoms. The maximum atomic E-state index is 10.5. The first kappa shape index (κ1) is 20.7. The molecule has 0 aliphatic carbocycles. The van der Waals surface area contributed by atoms with Crippen LogP contribution in [0.3, 0.4) is 0 Å². The van der Waals surface area contributed by atoms with Crippen molar-refractivity contribution in [2.24, 2.45) is 0 Å². The van der Waals surface area contributed by atoms with Crippen molar-refractivity contribution in [3.8, 4) is 17.1 Å². The van der Waals surface area contributed by atoms with Crippen LogP contribution in [0.2, 0.25) is 0 Å². The lowest BCUT2D eigenvalue weighted by atomic mass is 10.1. The Morgan fingerprint density at radius 1 is 0.897 bits per heavy atom. The molecule has 0 saturated heterocycles. The van der Waals surface area contributed by atoms with Gasteiger partial charge in [-0.2, -0.15) is 0 Å². The zero-order valence-electron chi connectivity index (χ0n) is 16.4. The lowest BCUT2D eigenvalue weighted by Crippen LogP contribution is -2.02. The van der Waals surface area contributed by atoms with Crippen LogP contribution in [0.1, 0.15) is 36.8 Å². The van der Waals surface area contributed by atoms with Crippen LogP contribution < -0.4 is 4.74 Å². The minimum atomic E-state index is -0.746. The largest absolute Gasteiger partial charge is 0.493 e. The van der Waals surface area contributed by atoms with Gasteiger partial charge in [-0.05, 0) is 43.0 Å². The van der Waals surface area contributed by atoms with Crippen LogP contribution in [0.4, 0.5) is 0 Å². The molecule has 0 spiro atoms. The van der Waals surface area contributed by atoms with Gasteiger partial charge in [0.15, 0.2) is 0 Å². The average molecular weight is 394 g/mol. The number of rotatable bonds is 12. The molecular formula is C24H26O5. The first-order valence-electron chi connectivity index (χ1n) is 9.85. The number of hydrogen-bond acceptors (Lipinski definition) is 4. The molecule has 1 N–H and O–H groups in total. The van der Waals surface area contributed by atoms with E-state index in [1.807, 2.05) is 60.7 Å². The van der Waals surface area contributed by atoms with Crippen LogP contribution >= 0.6 is 0 Å². The third-order valence-electron chi connectivity index (χ3n) is 4.55. The molecule has 3 rings (SSSR count). The van der Waals surface area contributed by atoms with Crippen molar-refractivity contribution in [3.05, 3.63) is 78.1 Å². The Kier molecular flexibility index (Phi) is 7.90. The lowest BCUT2D eigenvalue weighted by Gasteiger charge is -2.12. The number of carboxylic acid groups (broad SMARTS) is 1. The van der Waals surface area contributed by atoms with Gasteiger partial charge in [0.1, 0.15) is 11.5 Å². The Hall–Kier alpha value is -3.05. The fraction of sp³-hybridized carbons (Fsp3) is 0.292. The third-order valence-corrected chi connectivity index (χ3v) is 4.55.